The number of nitrogens with one attached hydrogen (secondary N) is 1. The zero-order valence-electron chi connectivity index (χ0n) is 9.47. The number of nitrogens with two attached hydrogens (primary N) is 1. The molecule has 15 heavy (non-hydrogen) atoms. The largest absolute Gasteiger partial charge is 0.397 e. The van der Waals surface area contributed by atoms with Crippen molar-refractivity contribution in [2.24, 2.45) is 0 Å². The number of hydrogen-bond donors (Lipinski definition) is 2. The van der Waals surface area contributed by atoms with Crippen molar-refractivity contribution in [3.63, 3.8) is 0 Å². The van der Waals surface area contributed by atoms with E-state index < -0.39 is 0 Å². The van der Waals surface area contributed by atoms with Crippen LogP contribution in [0.4, 0.5) is 11.5 Å². The van der Waals surface area contributed by atoms with Gasteiger partial charge in [0.1, 0.15) is 5.82 Å². The lowest BCUT2D eigenvalue weighted by atomic mass is 9.96. The molecule has 84 valence electrons. The Labute approximate surface area is 99.6 Å². The molecule has 0 aliphatic heterocycles. The van der Waals surface area contributed by atoms with Crippen LogP contribution in [0.3, 0.4) is 0 Å². The number of rotatable bonds is 4. The third kappa shape index (κ3) is 3.09. The maximum absolute atomic E-state index is 5.64. The first-order valence-corrected chi connectivity index (χ1v) is 5.99. The summed E-state index contributed by atoms with van der Waals surface area (Å²) in [5.74, 6) is 0.857. The molecule has 0 aliphatic carbocycles. The van der Waals surface area contributed by atoms with Gasteiger partial charge in [0.15, 0.2) is 0 Å². The summed E-state index contributed by atoms with van der Waals surface area (Å²) < 4.78 is 0.913. The highest BCUT2D eigenvalue weighted by Gasteiger charge is 2.20. The molecule has 0 atom stereocenters. The number of hydrogen-bond acceptors (Lipinski definition) is 3. The fourth-order valence-electron chi connectivity index (χ4n) is 1.26. The molecule has 3 N–H and O–H groups in total. The van der Waals surface area contributed by atoms with Crippen molar-refractivity contribution in [3.05, 3.63) is 16.7 Å². The molecule has 4 heteroatoms. The van der Waals surface area contributed by atoms with Crippen LogP contribution in [0.25, 0.3) is 0 Å². The van der Waals surface area contributed by atoms with Gasteiger partial charge >= 0.3 is 0 Å². The van der Waals surface area contributed by atoms with E-state index in [-0.39, 0.29) is 5.54 Å². The standard InChI is InChI=1S/C11H18BrN3/c1-4-11(3,5-2)15-10-9(12)6-8(13)7-14-10/h6-7H,4-5,13H2,1-3H3,(H,14,15). The summed E-state index contributed by atoms with van der Waals surface area (Å²) in [7, 11) is 0. The summed E-state index contributed by atoms with van der Waals surface area (Å²) >= 11 is 3.45. The van der Waals surface area contributed by atoms with Gasteiger partial charge in [0.05, 0.1) is 16.4 Å². The molecule has 1 aromatic heterocycles. The Kier molecular flexibility index (Phi) is 3.97. The Morgan fingerprint density at radius 2 is 2.07 bits per heavy atom. The first-order chi connectivity index (χ1) is 7.00. The van der Waals surface area contributed by atoms with Crippen LogP contribution >= 0.6 is 15.9 Å². The van der Waals surface area contributed by atoms with Crippen molar-refractivity contribution in [1.82, 2.24) is 4.98 Å². The number of nitrogens with zero attached hydrogens (tertiary/aromatic N) is 1. The third-order valence-corrected chi connectivity index (χ3v) is 3.45. The van der Waals surface area contributed by atoms with Crippen molar-refractivity contribution < 1.29 is 0 Å². The van der Waals surface area contributed by atoms with Gasteiger partial charge in [-0.15, -0.1) is 0 Å². The molecule has 1 aromatic rings. The van der Waals surface area contributed by atoms with Crippen LogP contribution in [-0.2, 0) is 0 Å². The molecule has 0 radical (unpaired) electrons. The zero-order valence-corrected chi connectivity index (χ0v) is 11.1. The molecule has 0 spiro atoms. The molecule has 0 fully saturated rings. The quantitative estimate of drug-likeness (QED) is 0.883. The molecule has 0 saturated heterocycles. The van der Waals surface area contributed by atoms with Gasteiger partial charge in [0.2, 0.25) is 0 Å². The van der Waals surface area contributed by atoms with Gasteiger partial charge in [-0.2, -0.15) is 0 Å². The molecule has 1 rings (SSSR count). The van der Waals surface area contributed by atoms with Gasteiger partial charge in [0, 0.05) is 5.54 Å². The van der Waals surface area contributed by atoms with Crippen LogP contribution in [0.5, 0.6) is 0 Å². The van der Waals surface area contributed by atoms with E-state index in [2.05, 4.69) is 47.0 Å². The zero-order chi connectivity index (χ0) is 11.5. The molecule has 0 unspecified atom stereocenters. The van der Waals surface area contributed by atoms with E-state index >= 15 is 0 Å². The van der Waals surface area contributed by atoms with E-state index in [0.717, 1.165) is 23.1 Å². The highest BCUT2D eigenvalue weighted by Crippen LogP contribution is 2.27. The maximum atomic E-state index is 5.64. The lowest BCUT2D eigenvalue weighted by molar-refractivity contribution is 0.476. The first-order valence-electron chi connectivity index (χ1n) is 5.20. The average Bonchev–Trinajstić information content (AvgIpc) is 2.22. The topological polar surface area (TPSA) is 50.9 Å². The van der Waals surface area contributed by atoms with E-state index in [1.165, 1.54) is 0 Å². The number of halogens is 1. The Morgan fingerprint density at radius 1 is 1.47 bits per heavy atom. The minimum Gasteiger partial charge on any atom is -0.397 e. The second-order valence-electron chi connectivity index (χ2n) is 3.99. The Bertz CT molecular complexity index is 335. The fourth-order valence-corrected chi connectivity index (χ4v) is 1.72. The monoisotopic (exact) mass is 271 g/mol. The smallest absolute Gasteiger partial charge is 0.140 e. The second-order valence-corrected chi connectivity index (χ2v) is 4.85. The van der Waals surface area contributed by atoms with Crippen molar-refractivity contribution in [2.75, 3.05) is 11.1 Å². The molecule has 1 heterocycles. The fraction of sp³-hybridized carbons (Fsp3) is 0.545. The normalized spacial score (nSPS) is 11.5. The Morgan fingerprint density at radius 3 is 2.53 bits per heavy atom. The predicted molar refractivity (Wildman–Crippen MR) is 69.0 cm³/mol. The Balaban J connectivity index is 2.89. The van der Waals surface area contributed by atoms with Crippen LogP contribution in [-0.4, -0.2) is 10.5 Å². The third-order valence-electron chi connectivity index (χ3n) is 2.84. The van der Waals surface area contributed by atoms with E-state index in [9.17, 15) is 0 Å². The van der Waals surface area contributed by atoms with Crippen molar-refractivity contribution in [2.45, 2.75) is 39.2 Å². The summed E-state index contributed by atoms with van der Waals surface area (Å²) in [5, 5.41) is 3.44. The molecule has 0 aliphatic rings. The first kappa shape index (κ1) is 12.3. The number of nitrogen functional groups attached to an aromatic ring is 1. The molecule has 0 saturated carbocycles. The van der Waals surface area contributed by atoms with E-state index in [0.29, 0.717) is 5.69 Å². The summed E-state index contributed by atoms with van der Waals surface area (Å²) in [4.78, 5) is 4.28. The van der Waals surface area contributed by atoms with Crippen molar-refractivity contribution in [3.8, 4) is 0 Å². The minimum atomic E-state index is 0.0889. The van der Waals surface area contributed by atoms with E-state index in [4.69, 9.17) is 5.73 Å². The van der Waals surface area contributed by atoms with Crippen molar-refractivity contribution in [1.29, 1.82) is 0 Å². The second kappa shape index (κ2) is 4.84. The minimum absolute atomic E-state index is 0.0889. The maximum Gasteiger partial charge on any atom is 0.140 e. The SMILES string of the molecule is CCC(C)(CC)Nc1ncc(N)cc1Br. The van der Waals surface area contributed by atoms with Gasteiger partial charge in [-0.3, -0.25) is 0 Å². The highest BCUT2D eigenvalue weighted by atomic mass is 79.9. The van der Waals surface area contributed by atoms with E-state index in [1.54, 1.807) is 6.20 Å². The summed E-state index contributed by atoms with van der Waals surface area (Å²) in [6.07, 6.45) is 3.78. The van der Waals surface area contributed by atoms with Crippen LogP contribution in [0.1, 0.15) is 33.6 Å². The van der Waals surface area contributed by atoms with Crippen molar-refractivity contribution >= 4 is 27.4 Å². The molecule has 0 amide bonds. The average molecular weight is 272 g/mol. The molecule has 3 nitrogen and oxygen atoms in total. The van der Waals surface area contributed by atoms with Crippen LogP contribution in [0.15, 0.2) is 16.7 Å². The summed E-state index contributed by atoms with van der Waals surface area (Å²) in [6, 6.07) is 1.86. The van der Waals surface area contributed by atoms with Gasteiger partial charge in [0.25, 0.3) is 0 Å². The predicted octanol–water partition coefficient (Wildman–Crippen LogP) is 3.42. The summed E-state index contributed by atoms with van der Waals surface area (Å²) in [6.45, 7) is 6.53. The molecule has 0 aromatic carbocycles. The number of anilines is 2. The summed E-state index contributed by atoms with van der Waals surface area (Å²) in [5.41, 5.74) is 6.39. The van der Waals surface area contributed by atoms with Gasteiger partial charge in [-0.05, 0) is 41.8 Å². The van der Waals surface area contributed by atoms with Gasteiger partial charge in [-0.1, -0.05) is 13.8 Å². The molecular weight excluding hydrogens is 254 g/mol. The molecular formula is C11H18BrN3. The van der Waals surface area contributed by atoms with Gasteiger partial charge in [-0.25, -0.2) is 4.98 Å². The van der Waals surface area contributed by atoms with E-state index in [1.807, 2.05) is 6.07 Å². The Hall–Kier alpha value is -0.770. The highest BCUT2D eigenvalue weighted by molar-refractivity contribution is 9.10. The van der Waals surface area contributed by atoms with Crippen LogP contribution < -0.4 is 11.1 Å². The number of pyridine rings is 1. The lowest BCUT2D eigenvalue weighted by Crippen LogP contribution is -2.33. The van der Waals surface area contributed by atoms with Gasteiger partial charge < -0.3 is 11.1 Å². The van der Waals surface area contributed by atoms with Crippen LogP contribution in [0.2, 0.25) is 0 Å². The number of aromatic nitrogens is 1. The molecule has 0 bridgehead atoms. The van der Waals surface area contributed by atoms with Crippen LogP contribution in [0, 0.1) is 0 Å². The lowest BCUT2D eigenvalue weighted by Gasteiger charge is -2.29.